The van der Waals surface area contributed by atoms with Crippen LogP contribution in [-0.4, -0.2) is 11.2 Å². The van der Waals surface area contributed by atoms with Gasteiger partial charge in [-0.1, -0.05) is 12.5 Å². The van der Waals surface area contributed by atoms with E-state index in [1.54, 1.807) is 0 Å². The van der Waals surface area contributed by atoms with Crippen molar-refractivity contribution >= 4 is 0 Å². The summed E-state index contributed by atoms with van der Waals surface area (Å²) in [5.74, 6) is 2.45. The number of allylic oxidation sites excluding steroid dienone is 1. The zero-order valence-corrected chi connectivity index (χ0v) is 7.58. The summed E-state index contributed by atoms with van der Waals surface area (Å²) < 4.78 is 0. The molecule has 1 N–H and O–H groups in total. The topological polar surface area (TPSA) is 20.2 Å². The van der Waals surface area contributed by atoms with Crippen LogP contribution >= 0.6 is 0 Å². The molecule has 68 valence electrons. The van der Waals surface area contributed by atoms with Gasteiger partial charge >= 0.3 is 0 Å². The lowest BCUT2D eigenvalue weighted by Crippen LogP contribution is -2.12. The van der Waals surface area contributed by atoms with Crippen molar-refractivity contribution < 1.29 is 5.11 Å². The van der Waals surface area contributed by atoms with Gasteiger partial charge in [-0.05, 0) is 43.4 Å². The first-order chi connectivity index (χ1) is 5.84. The highest BCUT2D eigenvalue weighted by Crippen LogP contribution is 2.59. The van der Waals surface area contributed by atoms with Crippen LogP contribution in [0.5, 0.6) is 0 Å². The monoisotopic (exact) mass is 166 g/mol. The van der Waals surface area contributed by atoms with Gasteiger partial charge < -0.3 is 5.11 Å². The van der Waals surface area contributed by atoms with E-state index in [2.05, 4.69) is 6.58 Å². The van der Waals surface area contributed by atoms with Crippen LogP contribution < -0.4 is 0 Å². The third-order valence-electron chi connectivity index (χ3n) is 3.58. The highest BCUT2D eigenvalue weighted by molar-refractivity contribution is 5.04. The molecule has 3 atom stereocenters. The summed E-state index contributed by atoms with van der Waals surface area (Å²) in [6.07, 6.45) is 7.93. The Morgan fingerprint density at radius 2 is 2.08 bits per heavy atom. The minimum absolute atomic E-state index is 0.0294. The molecule has 2 rings (SSSR count). The molecule has 1 nitrogen and oxygen atoms in total. The standard InChI is InChI=1S/C11H18O/c1-2-3-7-10(12)11-8-5-4-6-9(8)11/h2,8-12H,1,3-7H2. The summed E-state index contributed by atoms with van der Waals surface area (Å²) in [7, 11) is 0. The van der Waals surface area contributed by atoms with E-state index < -0.39 is 0 Å². The first kappa shape index (κ1) is 8.31. The molecule has 0 amide bonds. The molecule has 0 aromatic carbocycles. The zero-order valence-electron chi connectivity index (χ0n) is 7.58. The van der Waals surface area contributed by atoms with Gasteiger partial charge in [0.25, 0.3) is 0 Å². The van der Waals surface area contributed by atoms with Crippen molar-refractivity contribution in [2.75, 3.05) is 0 Å². The minimum atomic E-state index is -0.0294. The van der Waals surface area contributed by atoms with Gasteiger partial charge in [-0.25, -0.2) is 0 Å². The van der Waals surface area contributed by atoms with E-state index in [-0.39, 0.29) is 6.10 Å². The molecule has 0 aromatic rings. The summed E-state index contributed by atoms with van der Waals surface area (Å²) in [5, 5.41) is 9.78. The van der Waals surface area contributed by atoms with Crippen molar-refractivity contribution in [3.05, 3.63) is 12.7 Å². The van der Waals surface area contributed by atoms with Gasteiger partial charge in [-0.15, -0.1) is 6.58 Å². The molecule has 0 heterocycles. The van der Waals surface area contributed by atoms with Gasteiger partial charge in [0.15, 0.2) is 0 Å². The largest absolute Gasteiger partial charge is 0.393 e. The Balaban J connectivity index is 1.75. The third-order valence-corrected chi connectivity index (χ3v) is 3.58. The van der Waals surface area contributed by atoms with E-state index in [9.17, 15) is 5.11 Å². The van der Waals surface area contributed by atoms with Crippen LogP contribution in [0.2, 0.25) is 0 Å². The van der Waals surface area contributed by atoms with Crippen molar-refractivity contribution in [2.24, 2.45) is 17.8 Å². The molecule has 0 aliphatic heterocycles. The van der Waals surface area contributed by atoms with E-state index in [1.165, 1.54) is 19.3 Å². The second-order valence-corrected chi connectivity index (χ2v) is 4.27. The molecule has 0 aromatic heterocycles. The molecular formula is C11H18O. The minimum Gasteiger partial charge on any atom is -0.393 e. The second kappa shape index (κ2) is 3.21. The Morgan fingerprint density at radius 3 is 2.67 bits per heavy atom. The maximum Gasteiger partial charge on any atom is 0.0576 e. The molecule has 2 saturated carbocycles. The van der Waals surface area contributed by atoms with E-state index in [1.807, 2.05) is 6.08 Å². The lowest BCUT2D eigenvalue weighted by atomic mass is 10.0. The van der Waals surface area contributed by atoms with Gasteiger partial charge in [0, 0.05) is 0 Å². The van der Waals surface area contributed by atoms with Crippen molar-refractivity contribution in [3.63, 3.8) is 0 Å². The summed E-state index contributed by atoms with van der Waals surface area (Å²) in [4.78, 5) is 0. The average molecular weight is 166 g/mol. The number of fused-ring (bicyclic) bond motifs is 1. The van der Waals surface area contributed by atoms with Gasteiger partial charge in [0.2, 0.25) is 0 Å². The molecule has 2 aliphatic carbocycles. The highest BCUT2D eigenvalue weighted by atomic mass is 16.3. The molecule has 12 heavy (non-hydrogen) atoms. The average Bonchev–Trinajstić information content (AvgIpc) is 2.56. The number of rotatable bonds is 4. The predicted molar refractivity (Wildman–Crippen MR) is 49.8 cm³/mol. The van der Waals surface area contributed by atoms with E-state index in [0.29, 0.717) is 5.92 Å². The number of hydrogen-bond acceptors (Lipinski definition) is 1. The van der Waals surface area contributed by atoms with Crippen LogP contribution in [0.15, 0.2) is 12.7 Å². The maximum absolute atomic E-state index is 9.78. The molecular weight excluding hydrogens is 148 g/mol. The van der Waals surface area contributed by atoms with E-state index >= 15 is 0 Å². The summed E-state index contributed by atoms with van der Waals surface area (Å²) in [6.45, 7) is 3.67. The second-order valence-electron chi connectivity index (χ2n) is 4.27. The van der Waals surface area contributed by atoms with Gasteiger partial charge in [0.05, 0.1) is 6.10 Å². The Hall–Kier alpha value is -0.300. The molecule has 0 radical (unpaired) electrons. The fraction of sp³-hybridized carbons (Fsp3) is 0.818. The van der Waals surface area contributed by atoms with Crippen molar-refractivity contribution in [1.82, 2.24) is 0 Å². The fourth-order valence-corrected chi connectivity index (χ4v) is 2.93. The Morgan fingerprint density at radius 1 is 1.42 bits per heavy atom. The molecule has 1 heteroatoms. The summed E-state index contributed by atoms with van der Waals surface area (Å²) >= 11 is 0. The van der Waals surface area contributed by atoms with Crippen LogP contribution in [0, 0.1) is 17.8 Å². The van der Waals surface area contributed by atoms with Crippen LogP contribution in [0.3, 0.4) is 0 Å². The molecule has 2 fully saturated rings. The molecule has 0 bridgehead atoms. The zero-order chi connectivity index (χ0) is 8.55. The third kappa shape index (κ3) is 1.31. The fourth-order valence-electron chi connectivity index (χ4n) is 2.93. The van der Waals surface area contributed by atoms with E-state index in [0.717, 1.165) is 24.7 Å². The quantitative estimate of drug-likeness (QED) is 0.636. The molecule has 0 spiro atoms. The smallest absolute Gasteiger partial charge is 0.0576 e. The molecule has 0 saturated heterocycles. The Kier molecular flexibility index (Phi) is 2.22. The van der Waals surface area contributed by atoms with Crippen LogP contribution in [0.4, 0.5) is 0 Å². The normalized spacial score (nSPS) is 40.6. The number of aliphatic hydroxyl groups is 1. The Bertz CT molecular complexity index is 166. The highest BCUT2D eigenvalue weighted by Gasteiger charge is 2.55. The van der Waals surface area contributed by atoms with E-state index in [4.69, 9.17) is 0 Å². The first-order valence-corrected chi connectivity index (χ1v) is 5.13. The van der Waals surface area contributed by atoms with Crippen molar-refractivity contribution in [3.8, 4) is 0 Å². The van der Waals surface area contributed by atoms with Gasteiger partial charge in [0.1, 0.15) is 0 Å². The maximum atomic E-state index is 9.78. The van der Waals surface area contributed by atoms with Crippen LogP contribution in [0.1, 0.15) is 32.1 Å². The van der Waals surface area contributed by atoms with Crippen molar-refractivity contribution in [1.29, 1.82) is 0 Å². The number of hydrogen-bond donors (Lipinski definition) is 1. The number of aliphatic hydroxyl groups excluding tert-OH is 1. The van der Waals surface area contributed by atoms with Gasteiger partial charge in [-0.3, -0.25) is 0 Å². The predicted octanol–water partition coefficient (Wildman–Crippen LogP) is 2.36. The lowest BCUT2D eigenvalue weighted by molar-refractivity contribution is 0.127. The van der Waals surface area contributed by atoms with Gasteiger partial charge in [-0.2, -0.15) is 0 Å². The van der Waals surface area contributed by atoms with Crippen LogP contribution in [0.25, 0.3) is 0 Å². The Labute approximate surface area is 74.5 Å². The summed E-state index contributed by atoms with van der Waals surface area (Å²) in [6, 6.07) is 0. The molecule has 2 aliphatic rings. The SMILES string of the molecule is C=CCCC(O)C1C2CCCC21. The molecule has 3 unspecified atom stereocenters. The first-order valence-electron chi connectivity index (χ1n) is 5.13. The van der Waals surface area contributed by atoms with Crippen LogP contribution in [-0.2, 0) is 0 Å². The summed E-state index contributed by atoms with van der Waals surface area (Å²) in [5.41, 5.74) is 0. The lowest BCUT2D eigenvalue weighted by Gasteiger charge is -2.10. The van der Waals surface area contributed by atoms with Crippen molar-refractivity contribution in [2.45, 2.75) is 38.2 Å².